The highest BCUT2D eigenvalue weighted by molar-refractivity contribution is 8.52. The molecule has 0 unspecified atom stereocenters. The molecule has 392 valence electrons. The van der Waals surface area contributed by atoms with Crippen LogP contribution in [0.15, 0.2) is 72.8 Å². The van der Waals surface area contributed by atoms with E-state index in [1.54, 1.807) is 0 Å². The molecule has 1 aliphatic rings. The maximum absolute atomic E-state index is 6.29. The van der Waals surface area contributed by atoms with Crippen molar-refractivity contribution in [1.82, 2.24) is 0 Å². The average molecular weight is 1310 g/mol. The van der Waals surface area contributed by atoms with E-state index in [9.17, 15) is 0 Å². The molecule has 0 aromatic heterocycles. The predicted octanol–water partition coefficient (Wildman–Crippen LogP) is 13.4. The van der Waals surface area contributed by atoms with Crippen LogP contribution in [0.1, 0.15) is 158 Å². The molecular weight excluding hydrogens is 1220 g/mol. The fraction of sp³-hybridized carbons (Fsp3) is 0.727. The zero-order chi connectivity index (χ0) is 49.5. The highest BCUT2D eigenvalue weighted by atomic mass is 35.8. The van der Waals surface area contributed by atoms with Gasteiger partial charge < -0.3 is 33.8 Å². The maximum atomic E-state index is 6.29. The third kappa shape index (κ3) is 25.0. The summed E-state index contributed by atoms with van der Waals surface area (Å²) in [5, 5.41) is 0. The van der Waals surface area contributed by atoms with Crippen molar-refractivity contribution < 1.29 is 33.8 Å². The zero-order valence-corrected chi connectivity index (χ0v) is 57.7. The summed E-state index contributed by atoms with van der Waals surface area (Å²) in [6, 6.07) is 24.0. The number of hydrogen-bond acceptors (Lipinski definition) is 0. The molecule has 1 fully saturated rings. The van der Waals surface area contributed by atoms with Crippen molar-refractivity contribution in [3.05, 3.63) is 72.8 Å². The second-order valence-electron chi connectivity index (χ2n) is 17.1. The fourth-order valence-electron chi connectivity index (χ4n) is 7.24. The minimum absolute atomic E-state index is 0. The van der Waals surface area contributed by atoms with Gasteiger partial charge in [0.05, 0.1) is 52.4 Å². The zero-order valence-electron chi connectivity index (χ0n) is 41.1. The lowest BCUT2D eigenvalue weighted by molar-refractivity contribution is -0.929. The molecule has 2 aromatic rings. The quantitative estimate of drug-likeness (QED) is 0.0558. The van der Waals surface area contributed by atoms with Gasteiger partial charge in [-0.15, -0.1) is 133 Å². The largest absolute Gasteiger partial charge is 1.00 e. The molecule has 0 N–H and O–H groups in total. The van der Waals surface area contributed by atoms with Crippen LogP contribution < -0.4 is 24.8 Å². The van der Waals surface area contributed by atoms with Crippen molar-refractivity contribution in [2.75, 3.05) is 52.4 Å². The van der Waals surface area contributed by atoms with Gasteiger partial charge in [0.1, 0.15) is 0 Å². The van der Waals surface area contributed by atoms with E-state index in [0.717, 1.165) is 0 Å². The van der Waals surface area contributed by atoms with Gasteiger partial charge in [-0.3, -0.25) is 0 Å². The van der Waals surface area contributed by atoms with Crippen LogP contribution in [0.3, 0.4) is 0 Å². The molecule has 0 aliphatic carbocycles. The van der Waals surface area contributed by atoms with Gasteiger partial charge in [0, 0.05) is 0 Å². The molecular formula is C44H84Cl14N2Si6. The summed E-state index contributed by atoms with van der Waals surface area (Å²) in [4.78, 5) is 0. The van der Waals surface area contributed by atoms with E-state index in [0.29, 0.717) is 0 Å². The first kappa shape index (κ1) is 76.2. The van der Waals surface area contributed by atoms with Gasteiger partial charge in [0.15, 0.2) is 0 Å². The molecule has 0 radical (unpaired) electrons. The highest BCUT2D eigenvalue weighted by Gasteiger charge is 2.95. The van der Waals surface area contributed by atoms with E-state index in [4.69, 9.17) is 133 Å². The van der Waals surface area contributed by atoms with E-state index in [1.807, 2.05) is 72.8 Å². The number of hydrogen-bond donors (Lipinski definition) is 0. The first-order valence-electron chi connectivity index (χ1n) is 24.0. The summed E-state index contributed by atoms with van der Waals surface area (Å²) < 4.78 is 2.84. The van der Waals surface area contributed by atoms with Crippen LogP contribution in [-0.2, 0) is 0 Å². The smallest absolute Gasteiger partial charge is 0.295 e. The second-order valence-corrected chi connectivity index (χ2v) is 107. The highest BCUT2D eigenvalue weighted by Crippen LogP contribution is 2.66. The summed E-state index contributed by atoms with van der Waals surface area (Å²) in [6.45, 7) is 30.0. The molecule has 0 amide bonds. The Morgan fingerprint density at radius 1 is 0.227 bits per heavy atom. The molecule has 1 saturated heterocycles. The van der Waals surface area contributed by atoms with Crippen LogP contribution in [0.5, 0.6) is 0 Å². The number of benzene rings is 2. The maximum Gasteiger partial charge on any atom is 0.295 e. The van der Waals surface area contributed by atoms with Crippen molar-refractivity contribution in [3.63, 3.8) is 0 Å². The molecule has 22 heteroatoms. The SMILES string of the molecule is CCCC[N+](CCCC)(CCCC)CCCC.CCCC[N+](CCCC)(CCCC)CCCC.Cl[Si]1(Cl)[Si](Cl)(Cl)[Si](Cl)(Cl)[Si](Cl)(Cl)[Si](Cl)(Cl)[Si]1(Cl)Cl.[Cl-].[Cl-].c1ccccc1.c1ccccc1. The summed E-state index contributed by atoms with van der Waals surface area (Å²) in [5.41, 5.74) is -22.0. The van der Waals surface area contributed by atoms with Crippen molar-refractivity contribution >= 4 is 167 Å². The Kier molecular flexibility index (Phi) is 47.3. The standard InChI is InChI=1S/2C16H36N.2C6H6.Cl12Si6.2ClH/c2*1-5-9-13-17(14-10-6-2,15-11-7-3)16-12-8-4;2*1-2-4-6-5-3-1;1-13(2)14(3,4)16(7,8)18(11,12)17(9,10)15(13,5)6;;/h2*5-16H2,1-4H3;2*1-6H;;2*1H/q2*+1;;;;;/p-2. The van der Waals surface area contributed by atoms with Gasteiger partial charge in [-0.25, -0.2) is 0 Å². The van der Waals surface area contributed by atoms with Gasteiger partial charge in [0.25, 0.3) is 34.4 Å². The number of rotatable bonds is 24. The van der Waals surface area contributed by atoms with Crippen LogP contribution in [0, 0.1) is 0 Å². The lowest BCUT2D eigenvalue weighted by atomic mass is 10.1. The molecule has 1 aliphatic heterocycles. The first-order chi connectivity index (χ1) is 30.0. The summed E-state index contributed by atoms with van der Waals surface area (Å²) in [6.07, 6.45) is 22.1. The van der Waals surface area contributed by atoms with Gasteiger partial charge >= 0.3 is 0 Å². The summed E-state index contributed by atoms with van der Waals surface area (Å²) in [5.74, 6) is 0. The number of nitrogens with zero attached hydrogens (tertiary/aromatic N) is 2. The Morgan fingerprint density at radius 3 is 0.394 bits per heavy atom. The number of unbranched alkanes of at least 4 members (excludes halogenated alkanes) is 8. The van der Waals surface area contributed by atoms with Crippen molar-refractivity contribution in [3.8, 4) is 0 Å². The normalized spacial score (nSPS) is 16.9. The Hall–Kier alpha value is 3.72. The van der Waals surface area contributed by atoms with E-state index in [1.165, 1.54) is 164 Å². The predicted molar refractivity (Wildman–Crippen MR) is 316 cm³/mol. The van der Waals surface area contributed by atoms with Crippen LogP contribution in [-0.4, -0.2) is 95.7 Å². The van der Waals surface area contributed by atoms with E-state index in [-0.39, 0.29) is 24.8 Å². The van der Waals surface area contributed by atoms with Crippen LogP contribution in [0.2, 0.25) is 0 Å². The van der Waals surface area contributed by atoms with E-state index < -0.39 is 34.4 Å². The lowest BCUT2D eigenvalue weighted by Gasteiger charge is -2.54. The number of quaternary nitrogens is 2. The second kappa shape index (κ2) is 41.0. The number of halogens is 14. The Balaban J connectivity index is -0.000000381. The molecule has 1 heterocycles. The molecule has 0 bridgehead atoms. The average Bonchev–Trinajstić information content (AvgIpc) is 3.29. The molecule has 0 saturated carbocycles. The Labute approximate surface area is 479 Å². The molecule has 2 aromatic carbocycles. The van der Waals surface area contributed by atoms with Gasteiger partial charge in [0.2, 0.25) is 0 Å². The molecule has 66 heavy (non-hydrogen) atoms. The molecule has 0 spiro atoms. The molecule has 2 nitrogen and oxygen atoms in total. The lowest BCUT2D eigenvalue weighted by Crippen LogP contribution is -3.00. The van der Waals surface area contributed by atoms with Crippen molar-refractivity contribution in [2.45, 2.75) is 158 Å². The van der Waals surface area contributed by atoms with Crippen molar-refractivity contribution in [1.29, 1.82) is 0 Å². The monoisotopic (exact) mass is 1300 g/mol. The van der Waals surface area contributed by atoms with Crippen LogP contribution in [0.25, 0.3) is 0 Å². The van der Waals surface area contributed by atoms with Crippen LogP contribution in [0.4, 0.5) is 0 Å². The summed E-state index contributed by atoms with van der Waals surface area (Å²) in [7, 11) is 0. The minimum Gasteiger partial charge on any atom is -1.00 e. The Bertz CT molecular complexity index is 1080. The summed E-state index contributed by atoms with van der Waals surface area (Å²) >= 11 is 75.5. The molecule has 0 atom stereocenters. The molecule has 3 rings (SSSR count). The minimum atomic E-state index is -3.66. The third-order valence-electron chi connectivity index (χ3n) is 11.6. The van der Waals surface area contributed by atoms with Crippen LogP contribution >= 0.6 is 133 Å². The van der Waals surface area contributed by atoms with Gasteiger partial charge in [-0.2, -0.15) is 0 Å². The van der Waals surface area contributed by atoms with Crippen molar-refractivity contribution in [2.24, 2.45) is 0 Å². The fourth-order valence-corrected chi connectivity index (χ4v) is 294. The van der Waals surface area contributed by atoms with Gasteiger partial charge in [-0.05, 0) is 51.4 Å². The van der Waals surface area contributed by atoms with E-state index in [2.05, 4.69) is 55.4 Å². The topological polar surface area (TPSA) is 0 Å². The Morgan fingerprint density at radius 2 is 0.318 bits per heavy atom. The van der Waals surface area contributed by atoms with E-state index >= 15 is 0 Å². The third-order valence-corrected chi connectivity index (χ3v) is 201. The van der Waals surface area contributed by atoms with Gasteiger partial charge in [-0.1, -0.05) is 180 Å². The first-order valence-corrected chi connectivity index (χ1v) is 54.1.